The Kier molecular flexibility index (Phi) is 4.85. The van der Waals surface area contributed by atoms with Crippen LogP contribution in [0.3, 0.4) is 0 Å². The van der Waals surface area contributed by atoms with Crippen LogP contribution in [-0.2, 0) is 4.79 Å². The molecule has 2 saturated heterocycles. The van der Waals surface area contributed by atoms with Gasteiger partial charge >= 0.3 is 0 Å². The Morgan fingerprint density at radius 1 is 1.04 bits per heavy atom. The molecule has 1 aromatic rings. The summed E-state index contributed by atoms with van der Waals surface area (Å²) in [7, 11) is 0. The number of ether oxygens (including phenoxy) is 1. The van der Waals surface area contributed by atoms with Crippen LogP contribution in [0.15, 0.2) is 24.3 Å². The number of fused-ring (bicyclic) bond motifs is 1. The van der Waals surface area contributed by atoms with Gasteiger partial charge in [-0.3, -0.25) is 14.5 Å². The normalized spacial score (nSPS) is 22.9. The van der Waals surface area contributed by atoms with Crippen LogP contribution in [0.5, 0.6) is 5.75 Å². The first-order valence-electron chi connectivity index (χ1n) is 9.76. The third kappa shape index (κ3) is 3.56. The van der Waals surface area contributed by atoms with Crippen molar-refractivity contribution in [2.45, 2.75) is 44.2 Å². The minimum Gasteiger partial charge on any atom is -0.467 e. The highest BCUT2D eigenvalue weighted by atomic mass is 16.5. The van der Waals surface area contributed by atoms with Gasteiger partial charge in [-0.15, -0.1) is 0 Å². The fourth-order valence-electron chi connectivity index (χ4n) is 4.16. The lowest BCUT2D eigenvalue weighted by atomic mass is 9.97. The Balaban J connectivity index is 1.34. The number of amides is 2. The van der Waals surface area contributed by atoms with Crippen LogP contribution in [0.2, 0.25) is 0 Å². The highest BCUT2D eigenvalue weighted by molar-refractivity contribution is 5.98. The van der Waals surface area contributed by atoms with E-state index in [1.807, 2.05) is 23.1 Å². The van der Waals surface area contributed by atoms with E-state index in [2.05, 4.69) is 10.2 Å². The summed E-state index contributed by atoms with van der Waals surface area (Å²) in [4.78, 5) is 29.2. The monoisotopic (exact) mass is 357 g/mol. The Bertz CT molecular complexity index is 675. The number of piperidine rings is 1. The third-order valence-electron chi connectivity index (χ3n) is 5.76. The van der Waals surface area contributed by atoms with Crippen molar-refractivity contribution in [2.75, 3.05) is 32.7 Å². The number of benzene rings is 1. The molecule has 1 N–H and O–H groups in total. The maximum absolute atomic E-state index is 12.6. The molecule has 26 heavy (non-hydrogen) atoms. The maximum Gasteiger partial charge on any atom is 0.258 e. The van der Waals surface area contributed by atoms with E-state index in [1.54, 1.807) is 6.07 Å². The summed E-state index contributed by atoms with van der Waals surface area (Å²) in [6, 6.07) is 7.37. The minimum absolute atomic E-state index is 0.0686. The fourth-order valence-corrected chi connectivity index (χ4v) is 4.16. The van der Waals surface area contributed by atoms with Crippen molar-refractivity contribution in [1.29, 1.82) is 0 Å². The van der Waals surface area contributed by atoms with Gasteiger partial charge in [-0.2, -0.15) is 0 Å². The van der Waals surface area contributed by atoms with Gasteiger partial charge in [0.2, 0.25) is 5.91 Å². The van der Waals surface area contributed by atoms with Gasteiger partial charge in [-0.1, -0.05) is 25.0 Å². The number of carbonyl (C=O) groups is 2. The number of hydrogen-bond donors (Lipinski definition) is 1. The van der Waals surface area contributed by atoms with E-state index in [4.69, 9.17) is 4.74 Å². The van der Waals surface area contributed by atoms with Crippen molar-refractivity contribution >= 4 is 11.8 Å². The molecule has 0 bridgehead atoms. The lowest BCUT2D eigenvalue weighted by Crippen LogP contribution is -2.61. The van der Waals surface area contributed by atoms with Gasteiger partial charge < -0.3 is 15.0 Å². The summed E-state index contributed by atoms with van der Waals surface area (Å²) < 4.78 is 6.16. The van der Waals surface area contributed by atoms with Gasteiger partial charge in [0.05, 0.1) is 12.1 Å². The molecule has 0 aliphatic carbocycles. The molecule has 4 rings (SSSR count). The summed E-state index contributed by atoms with van der Waals surface area (Å²) in [5, 5.41) is 3.05. The molecule has 3 aliphatic rings. The second-order valence-corrected chi connectivity index (χ2v) is 7.62. The van der Waals surface area contributed by atoms with Crippen LogP contribution < -0.4 is 10.1 Å². The number of para-hydroxylation sites is 1. The highest BCUT2D eigenvalue weighted by Gasteiger charge is 2.42. The average Bonchev–Trinajstić information content (AvgIpc) is 2.93. The number of likely N-dealkylation sites (tertiary alicyclic amines) is 2. The predicted molar refractivity (Wildman–Crippen MR) is 98.0 cm³/mol. The Morgan fingerprint density at radius 2 is 1.73 bits per heavy atom. The van der Waals surface area contributed by atoms with Gasteiger partial charge in [0.1, 0.15) is 5.75 Å². The van der Waals surface area contributed by atoms with Crippen LogP contribution >= 0.6 is 0 Å². The van der Waals surface area contributed by atoms with Crippen LogP contribution in [-0.4, -0.2) is 60.1 Å². The average molecular weight is 357 g/mol. The molecule has 2 fully saturated rings. The van der Waals surface area contributed by atoms with Crippen LogP contribution in [0.1, 0.15) is 48.9 Å². The molecule has 0 aromatic heterocycles. The summed E-state index contributed by atoms with van der Waals surface area (Å²) >= 11 is 0. The Hall–Kier alpha value is -2.08. The molecule has 1 aromatic carbocycles. The molecule has 0 radical (unpaired) electrons. The molecule has 3 aliphatic heterocycles. The number of rotatable bonds is 2. The Labute approximate surface area is 154 Å². The first kappa shape index (κ1) is 17.3. The topological polar surface area (TPSA) is 61.9 Å². The molecule has 2 amide bonds. The first-order chi connectivity index (χ1) is 12.7. The maximum atomic E-state index is 12.6. The van der Waals surface area contributed by atoms with E-state index in [-0.39, 0.29) is 11.8 Å². The van der Waals surface area contributed by atoms with Gasteiger partial charge in [0.25, 0.3) is 5.91 Å². The van der Waals surface area contributed by atoms with Crippen molar-refractivity contribution in [3.05, 3.63) is 29.8 Å². The zero-order valence-corrected chi connectivity index (χ0v) is 15.2. The minimum atomic E-state index is -0.631. The summed E-state index contributed by atoms with van der Waals surface area (Å²) in [6.07, 6.45) is 6.09. The van der Waals surface area contributed by atoms with Crippen molar-refractivity contribution in [3.63, 3.8) is 0 Å². The fraction of sp³-hybridized carbons (Fsp3) is 0.600. The number of hydrogen-bond acceptors (Lipinski definition) is 4. The lowest BCUT2D eigenvalue weighted by molar-refractivity contribution is -0.133. The second kappa shape index (κ2) is 7.27. The van der Waals surface area contributed by atoms with Crippen molar-refractivity contribution in [1.82, 2.24) is 15.1 Å². The summed E-state index contributed by atoms with van der Waals surface area (Å²) in [5.74, 6) is 0.827. The van der Waals surface area contributed by atoms with Crippen LogP contribution in [0.25, 0.3) is 0 Å². The number of nitrogens with zero attached hydrogens (tertiary/aromatic N) is 2. The molecule has 140 valence electrons. The largest absolute Gasteiger partial charge is 0.467 e. The summed E-state index contributed by atoms with van der Waals surface area (Å²) in [6.45, 7) is 3.77. The van der Waals surface area contributed by atoms with Crippen LogP contribution in [0, 0.1) is 0 Å². The van der Waals surface area contributed by atoms with Gasteiger partial charge in [-0.05, 0) is 25.0 Å². The lowest BCUT2D eigenvalue weighted by Gasteiger charge is -2.44. The molecule has 3 heterocycles. The third-order valence-corrected chi connectivity index (χ3v) is 5.76. The van der Waals surface area contributed by atoms with Gasteiger partial charge in [0.15, 0.2) is 5.72 Å². The van der Waals surface area contributed by atoms with E-state index in [0.29, 0.717) is 30.7 Å². The molecule has 6 heteroatoms. The molecular formula is C20H27N3O3. The van der Waals surface area contributed by atoms with E-state index >= 15 is 0 Å². The van der Waals surface area contributed by atoms with E-state index in [1.165, 1.54) is 12.8 Å². The standard InChI is InChI=1S/C20H27N3O3/c24-18(23-11-5-1-2-6-12-23)15-22-13-9-20(10-14-22)21-19(25)16-7-3-4-8-17(16)26-20/h3-4,7-8H,1-2,5-6,9-15H2,(H,21,25). The highest BCUT2D eigenvalue weighted by Crippen LogP contribution is 2.33. The smallest absolute Gasteiger partial charge is 0.258 e. The van der Waals surface area contributed by atoms with E-state index < -0.39 is 5.72 Å². The van der Waals surface area contributed by atoms with Crippen molar-refractivity contribution in [2.24, 2.45) is 0 Å². The zero-order valence-electron chi connectivity index (χ0n) is 15.2. The predicted octanol–water partition coefficient (Wildman–Crippen LogP) is 2.00. The van der Waals surface area contributed by atoms with Crippen molar-refractivity contribution in [3.8, 4) is 5.75 Å². The zero-order chi connectivity index (χ0) is 18.0. The van der Waals surface area contributed by atoms with Gasteiger partial charge in [-0.25, -0.2) is 0 Å². The second-order valence-electron chi connectivity index (χ2n) is 7.62. The van der Waals surface area contributed by atoms with E-state index in [9.17, 15) is 9.59 Å². The SMILES string of the molecule is O=C1NC2(CCN(CC(=O)N3CCCCCC3)CC2)Oc2ccccc21. The van der Waals surface area contributed by atoms with Crippen molar-refractivity contribution < 1.29 is 14.3 Å². The molecule has 0 unspecified atom stereocenters. The molecule has 0 atom stereocenters. The number of carbonyl (C=O) groups excluding carboxylic acids is 2. The van der Waals surface area contributed by atoms with E-state index in [0.717, 1.165) is 39.0 Å². The Morgan fingerprint density at radius 3 is 2.46 bits per heavy atom. The molecule has 6 nitrogen and oxygen atoms in total. The molecular weight excluding hydrogens is 330 g/mol. The quantitative estimate of drug-likeness (QED) is 0.879. The first-order valence-corrected chi connectivity index (χ1v) is 9.76. The summed E-state index contributed by atoms with van der Waals surface area (Å²) in [5.41, 5.74) is -0.0370. The van der Waals surface area contributed by atoms with Gasteiger partial charge in [0, 0.05) is 39.0 Å². The number of nitrogens with one attached hydrogen (secondary N) is 1. The molecule has 0 saturated carbocycles. The molecule has 1 spiro atoms. The van der Waals surface area contributed by atoms with Crippen LogP contribution in [0.4, 0.5) is 0 Å².